The van der Waals surface area contributed by atoms with Gasteiger partial charge in [-0.3, -0.25) is 4.98 Å². The summed E-state index contributed by atoms with van der Waals surface area (Å²) in [6.45, 7) is 10.0. The second-order valence-electron chi connectivity index (χ2n) is 5.38. The Kier molecular flexibility index (Phi) is 4.58. The van der Waals surface area contributed by atoms with Gasteiger partial charge in [0, 0.05) is 17.6 Å². The van der Waals surface area contributed by atoms with E-state index in [2.05, 4.69) is 16.6 Å². The summed E-state index contributed by atoms with van der Waals surface area (Å²) in [5.41, 5.74) is 0.583. The Hall–Kier alpha value is -0.580. The van der Waals surface area contributed by atoms with Crippen molar-refractivity contribution < 1.29 is 4.55 Å². The summed E-state index contributed by atoms with van der Waals surface area (Å²) in [6.07, 6.45) is 2.61. The molecule has 1 aromatic heterocycles. The Bertz CT molecular complexity index is 350. The van der Waals surface area contributed by atoms with Crippen molar-refractivity contribution in [2.45, 2.75) is 51.3 Å². The minimum Gasteiger partial charge on any atom is -0.598 e. The van der Waals surface area contributed by atoms with Crippen molar-refractivity contribution in [3.8, 4) is 0 Å². The SMILES string of the molecule is CCC(C)(N[S+]([O-])C(C)(C)C)c1ccccn1. The van der Waals surface area contributed by atoms with Crippen LogP contribution in [0.2, 0.25) is 0 Å². The zero-order valence-corrected chi connectivity index (χ0v) is 12.1. The van der Waals surface area contributed by atoms with Gasteiger partial charge in [0.1, 0.15) is 10.3 Å². The molecule has 3 nitrogen and oxygen atoms in total. The molecule has 1 rings (SSSR count). The van der Waals surface area contributed by atoms with Crippen LogP contribution in [0.3, 0.4) is 0 Å². The summed E-state index contributed by atoms with van der Waals surface area (Å²) < 4.78 is 15.1. The van der Waals surface area contributed by atoms with Gasteiger partial charge in [-0.1, -0.05) is 13.0 Å². The quantitative estimate of drug-likeness (QED) is 0.840. The summed E-state index contributed by atoms with van der Waals surface area (Å²) >= 11 is -1.10. The van der Waals surface area contributed by atoms with Gasteiger partial charge in [0.15, 0.2) is 0 Å². The molecule has 0 saturated heterocycles. The molecule has 0 amide bonds. The fourth-order valence-electron chi connectivity index (χ4n) is 1.35. The Morgan fingerprint density at radius 2 is 1.94 bits per heavy atom. The van der Waals surface area contributed by atoms with E-state index < -0.39 is 11.4 Å². The summed E-state index contributed by atoms with van der Waals surface area (Å²) in [5.74, 6) is 0. The molecule has 96 valence electrons. The molecule has 2 unspecified atom stereocenters. The molecule has 0 radical (unpaired) electrons. The molecule has 0 aliphatic rings. The zero-order valence-electron chi connectivity index (χ0n) is 11.3. The number of aromatic nitrogens is 1. The molecule has 0 spiro atoms. The van der Waals surface area contributed by atoms with Crippen molar-refractivity contribution in [1.29, 1.82) is 0 Å². The normalized spacial score (nSPS) is 17.5. The highest BCUT2D eigenvalue weighted by Gasteiger charge is 2.36. The first-order valence-corrected chi connectivity index (χ1v) is 7.06. The minimum absolute atomic E-state index is 0.273. The van der Waals surface area contributed by atoms with E-state index in [1.165, 1.54) is 0 Å². The van der Waals surface area contributed by atoms with Gasteiger partial charge in [-0.05, 0) is 46.2 Å². The second kappa shape index (κ2) is 5.38. The smallest absolute Gasteiger partial charge is 0.136 e. The molecule has 0 aliphatic heterocycles. The van der Waals surface area contributed by atoms with E-state index in [4.69, 9.17) is 0 Å². The van der Waals surface area contributed by atoms with Crippen LogP contribution in [0, 0.1) is 0 Å². The minimum atomic E-state index is -1.10. The van der Waals surface area contributed by atoms with Gasteiger partial charge in [0.25, 0.3) is 0 Å². The Labute approximate surface area is 107 Å². The maximum atomic E-state index is 12.2. The van der Waals surface area contributed by atoms with Gasteiger partial charge in [-0.25, -0.2) is 0 Å². The molecule has 2 atom stereocenters. The van der Waals surface area contributed by atoms with E-state index in [1.54, 1.807) is 6.20 Å². The van der Waals surface area contributed by atoms with Crippen LogP contribution in [0.5, 0.6) is 0 Å². The van der Waals surface area contributed by atoms with Gasteiger partial charge in [0.2, 0.25) is 0 Å². The molecular weight excluding hydrogens is 232 g/mol. The van der Waals surface area contributed by atoms with Gasteiger partial charge < -0.3 is 4.55 Å². The van der Waals surface area contributed by atoms with Crippen molar-refractivity contribution in [2.24, 2.45) is 0 Å². The second-order valence-corrected chi connectivity index (χ2v) is 7.35. The van der Waals surface area contributed by atoms with Gasteiger partial charge in [0.05, 0.1) is 5.69 Å². The van der Waals surface area contributed by atoms with Crippen LogP contribution < -0.4 is 4.72 Å². The third-order valence-electron chi connectivity index (χ3n) is 2.81. The molecule has 0 aromatic carbocycles. The molecule has 1 heterocycles. The lowest BCUT2D eigenvalue weighted by Gasteiger charge is -2.33. The van der Waals surface area contributed by atoms with Crippen LogP contribution in [0.25, 0.3) is 0 Å². The monoisotopic (exact) mass is 254 g/mol. The summed E-state index contributed by atoms with van der Waals surface area (Å²) in [4.78, 5) is 4.36. The molecule has 4 heteroatoms. The van der Waals surface area contributed by atoms with Crippen LogP contribution in [0.1, 0.15) is 46.7 Å². The van der Waals surface area contributed by atoms with Gasteiger partial charge >= 0.3 is 0 Å². The standard InChI is InChI=1S/C13H22N2OS/c1-6-13(5,11-9-7-8-10-14-11)15-17(16)12(2,3)4/h7-10,15H,6H2,1-5H3. The molecular formula is C13H22N2OS. The van der Waals surface area contributed by atoms with Crippen LogP contribution in [-0.4, -0.2) is 14.3 Å². The lowest BCUT2D eigenvalue weighted by Crippen LogP contribution is -2.50. The Balaban J connectivity index is 2.91. The average molecular weight is 254 g/mol. The molecule has 17 heavy (non-hydrogen) atoms. The lowest BCUT2D eigenvalue weighted by molar-refractivity contribution is 0.398. The van der Waals surface area contributed by atoms with Crippen LogP contribution in [-0.2, 0) is 16.9 Å². The molecule has 1 aromatic rings. The molecule has 0 aliphatic carbocycles. The largest absolute Gasteiger partial charge is 0.598 e. The van der Waals surface area contributed by atoms with Crippen molar-refractivity contribution in [3.05, 3.63) is 30.1 Å². The van der Waals surface area contributed by atoms with Crippen LogP contribution in [0.4, 0.5) is 0 Å². The number of hydrogen-bond donors (Lipinski definition) is 1. The van der Waals surface area contributed by atoms with Crippen molar-refractivity contribution in [3.63, 3.8) is 0 Å². The molecule has 1 N–H and O–H groups in total. The van der Waals surface area contributed by atoms with Crippen molar-refractivity contribution in [1.82, 2.24) is 9.71 Å². The number of nitrogens with zero attached hydrogens (tertiary/aromatic N) is 1. The van der Waals surface area contributed by atoms with Gasteiger partial charge in [-0.2, -0.15) is 0 Å². The molecule has 0 saturated carbocycles. The van der Waals surface area contributed by atoms with Gasteiger partial charge in [-0.15, -0.1) is 4.72 Å². The maximum absolute atomic E-state index is 12.2. The van der Waals surface area contributed by atoms with Crippen molar-refractivity contribution >= 4 is 11.4 Å². The topological polar surface area (TPSA) is 48.0 Å². The summed E-state index contributed by atoms with van der Waals surface area (Å²) in [6, 6.07) is 5.81. The first kappa shape index (κ1) is 14.5. The van der Waals surface area contributed by atoms with Crippen molar-refractivity contribution in [2.75, 3.05) is 0 Å². The molecule has 0 fully saturated rings. The van der Waals surface area contributed by atoms with Crippen LogP contribution in [0.15, 0.2) is 24.4 Å². The first-order chi connectivity index (χ1) is 7.79. The number of pyridine rings is 1. The number of rotatable bonds is 4. The Morgan fingerprint density at radius 1 is 1.29 bits per heavy atom. The predicted molar refractivity (Wildman–Crippen MR) is 72.9 cm³/mol. The number of nitrogens with one attached hydrogen (secondary N) is 1. The fraction of sp³-hybridized carbons (Fsp3) is 0.615. The van der Waals surface area contributed by atoms with E-state index in [-0.39, 0.29) is 10.3 Å². The summed E-state index contributed by atoms with van der Waals surface area (Å²) in [5, 5.41) is 0. The first-order valence-electron chi connectivity index (χ1n) is 5.91. The predicted octanol–water partition coefficient (Wildman–Crippen LogP) is 2.76. The van der Waals surface area contributed by atoms with E-state index in [9.17, 15) is 4.55 Å². The van der Waals surface area contributed by atoms with E-state index in [1.807, 2.05) is 45.9 Å². The third-order valence-corrected chi connectivity index (χ3v) is 4.56. The van der Waals surface area contributed by atoms with E-state index in [0.717, 1.165) is 12.1 Å². The lowest BCUT2D eigenvalue weighted by atomic mass is 9.95. The molecule has 0 bridgehead atoms. The maximum Gasteiger partial charge on any atom is 0.136 e. The average Bonchev–Trinajstić information content (AvgIpc) is 2.28. The van der Waals surface area contributed by atoms with Crippen LogP contribution >= 0.6 is 0 Å². The number of hydrogen-bond acceptors (Lipinski definition) is 3. The fourth-order valence-corrected chi connectivity index (χ4v) is 2.32. The zero-order chi connectivity index (χ0) is 13.1. The Morgan fingerprint density at radius 3 is 2.35 bits per heavy atom. The highest BCUT2D eigenvalue weighted by Crippen LogP contribution is 2.26. The third kappa shape index (κ3) is 3.69. The van der Waals surface area contributed by atoms with E-state index >= 15 is 0 Å². The highest BCUT2D eigenvalue weighted by atomic mass is 32.2. The summed E-state index contributed by atoms with van der Waals surface area (Å²) in [7, 11) is 0. The highest BCUT2D eigenvalue weighted by molar-refractivity contribution is 7.90. The van der Waals surface area contributed by atoms with E-state index in [0.29, 0.717) is 0 Å².